The molecule has 0 atom stereocenters. The van der Waals surface area contributed by atoms with Gasteiger partial charge >= 0.3 is 0 Å². The fourth-order valence-electron chi connectivity index (χ4n) is 5.09. The van der Waals surface area contributed by atoms with Gasteiger partial charge in [0.15, 0.2) is 0 Å². The van der Waals surface area contributed by atoms with Gasteiger partial charge in [-0.2, -0.15) is 0 Å². The SMILES string of the molecule is OCc1c(N2CCC3(CCCN3)CC2)ccc2c1ccn2-c1cccc(Cl)c1Cl. The number of nitrogens with one attached hydrogen (secondary N) is 1. The van der Waals surface area contributed by atoms with Crippen LogP contribution in [-0.2, 0) is 6.61 Å². The van der Waals surface area contributed by atoms with Crippen molar-refractivity contribution >= 4 is 39.8 Å². The van der Waals surface area contributed by atoms with Crippen molar-refractivity contribution in [3.63, 3.8) is 0 Å². The maximum Gasteiger partial charge on any atom is 0.0832 e. The molecule has 3 heterocycles. The highest BCUT2D eigenvalue weighted by molar-refractivity contribution is 6.43. The van der Waals surface area contributed by atoms with E-state index in [2.05, 4.69) is 28.4 Å². The molecule has 2 aliphatic heterocycles. The molecule has 152 valence electrons. The Hall–Kier alpha value is -1.72. The number of nitrogens with zero attached hydrogens (tertiary/aromatic N) is 2. The van der Waals surface area contributed by atoms with E-state index in [1.54, 1.807) is 6.07 Å². The lowest BCUT2D eigenvalue weighted by Gasteiger charge is -2.41. The molecule has 2 aromatic carbocycles. The van der Waals surface area contributed by atoms with Crippen LogP contribution in [0.15, 0.2) is 42.6 Å². The van der Waals surface area contributed by atoms with Gasteiger partial charge in [0.1, 0.15) is 0 Å². The van der Waals surface area contributed by atoms with Crippen LogP contribution in [0.4, 0.5) is 5.69 Å². The zero-order valence-corrected chi connectivity index (χ0v) is 17.8. The summed E-state index contributed by atoms with van der Waals surface area (Å²) < 4.78 is 2.04. The number of hydrogen-bond acceptors (Lipinski definition) is 3. The molecule has 2 fully saturated rings. The van der Waals surface area contributed by atoms with Crippen molar-refractivity contribution in [1.29, 1.82) is 0 Å². The van der Waals surface area contributed by atoms with Crippen LogP contribution in [0.25, 0.3) is 16.6 Å². The fraction of sp³-hybridized carbons (Fsp3) is 0.391. The number of fused-ring (bicyclic) bond motifs is 1. The summed E-state index contributed by atoms with van der Waals surface area (Å²) in [5, 5.41) is 16.1. The standard InChI is InChI=1S/C23H25Cl2N3O/c24-18-3-1-4-21(22(18)25)28-12-7-16-17(15-29)19(5-6-20(16)28)27-13-9-23(10-14-27)8-2-11-26-23/h1,3-7,12,26,29H,2,8-11,13-15H2. The average molecular weight is 430 g/mol. The number of piperidine rings is 1. The van der Waals surface area contributed by atoms with Crippen molar-refractivity contribution in [2.45, 2.75) is 37.8 Å². The van der Waals surface area contributed by atoms with E-state index in [0.717, 1.165) is 60.3 Å². The summed E-state index contributed by atoms with van der Waals surface area (Å²) in [6.07, 6.45) is 6.90. The molecule has 0 aliphatic carbocycles. The Labute approximate surface area is 181 Å². The molecule has 0 radical (unpaired) electrons. The molecule has 0 bridgehead atoms. The molecular weight excluding hydrogens is 405 g/mol. The first kappa shape index (κ1) is 19.3. The van der Waals surface area contributed by atoms with Crippen LogP contribution in [0.2, 0.25) is 10.0 Å². The van der Waals surface area contributed by atoms with Crippen LogP contribution in [0.1, 0.15) is 31.2 Å². The minimum Gasteiger partial charge on any atom is -0.392 e. The number of hydrogen-bond donors (Lipinski definition) is 2. The van der Waals surface area contributed by atoms with E-state index in [-0.39, 0.29) is 6.61 Å². The molecule has 4 nitrogen and oxygen atoms in total. The minimum atomic E-state index is 0.0137. The highest BCUT2D eigenvalue weighted by Crippen LogP contribution is 2.38. The van der Waals surface area contributed by atoms with Gasteiger partial charge in [-0.25, -0.2) is 0 Å². The van der Waals surface area contributed by atoms with E-state index < -0.39 is 0 Å². The Morgan fingerprint density at radius 3 is 2.55 bits per heavy atom. The summed E-state index contributed by atoms with van der Waals surface area (Å²) in [7, 11) is 0. The highest BCUT2D eigenvalue weighted by atomic mass is 35.5. The normalized spacial score (nSPS) is 18.8. The predicted octanol–water partition coefficient (Wildman–Crippen LogP) is 5.15. The first-order valence-electron chi connectivity index (χ1n) is 10.3. The number of aromatic nitrogens is 1. The topological polar surface area (TPSA) is 40.4 Å². The van der Waals surface area contributed by atoms with E-state index >= 15 is 0 Å². The third-order valence-electron chi connectivity index (χ3n) is 6.70. The fourth-order valence-corrected chi connectivity index (χ4v) is 5.47. The van der Waals surface area contributed by atoms with Gasteiger partial charge in [-0.3, -0.25) is 0 Å². The van der Waals surface area contributed by atoms with Crippen molar-refractivity contribution in [2.24, 2.45) is 0 Å². The van der Waals surface area contributed by atoms with Crippen LogP contribution in [0, 0.1) is 0 Å². The number of benzene rings is 2. The van der Waals surface area contributed by atoms with Crippen molar-refractivity contribution in [1.82, 2.24) is 9.88 Å². The van der Waals surface area contributed by atoms with Crippen molar-refractivity contribution in [3.05, 3.63) is 58.2 Å². The van der Waals surface area contributed by atoms with Gasteiger partial charge in [0.2, 0.25) is 0 Å². The van der Waals surface area contributed by atoms with Crippen LogP contribution in [-0.4, -0.2) is 34.8 Å². The van der Waals surface area contributed by atoms with Gasteiger partial charge < -0.3 is 19.9 Å². The van der Waals surface area contributed by atoms with Gasteiger partial charge in [0, 0.05) is 41.5 Å². The van der Waals surface area contributed by atoms with Crippen LogP contribution >= 0.6 is 23.2 Å². The van der Waals surface area contributed by atoms with Gasteiger partial charge in [-0.05, 0) is 62.6 Å². The summed E-state index contributed by atoms with van der Waals surface area (Å²) in [4.78, 5) is 2.43. The number of halogens is 2. The Kier molecular flexibility index (Phi) is 4.99. The Bertz CT molecular complexity index is 1050. The zero-order valence-electron chi connectivity index (χ0n) is 16.3. The van der Waals surface area contributed by atoms with Crippen LogP contribution in [0.5, 0.6) is 0 Å². The van der Waals surface area contributed by atoms with Gasteiger partial charge in [0.05, 0.1) is 27.9 Å². The predicted molar refractivity (Wildman–Crippen MR) is 121 cm³/mol. The lowest BCUT2D eigenvalue weighted by Crippen LogP contribution is -2.50. The number of rotatable bonds is 3. The first-order valence-corrected chi connectivity index (χ1v) is 11.1. The summed E-state index contributed by atoms with van der Waals surface area (Å²) in [5.74, 6) is 0. The summed E-state index contributed by atoms with van der Waals surface area (Å²) in [6, 6.07) is 12.0. The number of aliphatic hydroxyl groups is 1. The molecule has 2 N–H and O–H groups in total. The van der Waals surface area contributed by atoms with Crippen LogP contribution < -0.4 is 10.2 Å². The summed E-state index contributed by atoms with van der Waals surface area (Å²) >= 11 is 12.7. The second kappa shape index (κ2) is 7.51. The maximum absolute atomic E-state index is 10.2. The largest absolute Gasteiger partial charge is 0.392 e. The van der Waals surface area contributed by atoms with E-state index in [9.17, 15) is 5.11 Å². The molecule has 0 unspecified atom stereocenters. The van der Waals surface area contributed by atoms with Gasteiger partial charge in [0.25, 0.3) is 0 Å². The molecule has 1 spiro atoms. The molecule has 3 aromatic rings. The maximum atomic E-state index is 10.2. The average Bonchev–Trinajstić information content (AvgIpc) is 3.37. The van der Waals surface area contributed by atoms with Crippen molar-refractivity contribution < 1.29 is 5.11 Å². The van der Waals surface area contributed by atoms with E-state index in [1.165, 1.54) is 12.8 Å². The molecule has 0 amide bonds. The highest BCUT2D eigenvalue weighted by Gasteiger charge is 2.37. The second-order valence-corrected chi connectivity index (χ2v) is 9.00. The molecule has 5 rings (SSSR count). The molecule has 6 heteroatoms. The van der Waals surface area contributed by atoms with E-state index in [0.29, 0.717) is 15.6 Å². The Morgan fingerprint density at radius 1 is 1.00 bits per heavy atom. The van der Waals surface area contributed by atoms with Gasteiger partial charge in [-0.15, -0.1) is 0 Å². The lowest BCUT2D eigenvalue weighted by molar-refractivity contribution is 0.280. The van der Waals surface area contributed by atoms with E-state index in [1.807, 2.05) is 22.9 Å². The molecule has 1 aromatic heterocycles. The zero-order chi connectivity index (χ0) is 20.0. The Balaban J connectivity index is 1.51. The molecular formula is C23H25Cl2N3O. The van der Waals surface area contributed by atoms with Crippen LogP contribution in [0.3, 0.4) is 0 Å². The van der Waals surface area contributed by atoms with Crippen molar-refractivity contribution in [3.8, 4) is 5.69 Å². The monoisotopic (exact) mass is 429 g/mol. The Morgan fingerprint density at radius 2 is 1.83 bits per heavy atom. The second-order valence-electron chi connectivity index (χ2n) is 8.21. The summed E-state index contributed by atoms with van der Waals surface area (Å²) in [6.45, 7) is 3.20. The molecule has 2 saturated heterocycles. The first-order chi connectivity index (χ1) is 14.1. The third kappa shape index (κ3) is 3.23. The lowest BCUT2D eigenvalue weighted by atomic mass is 9.86. The van der Waals surface area contributed by atoms with Gasteiger partial charge in [-0.1, -0.05) is 29.3 Å². The summed E-state index contributed by atoms with van der Waals surface area (Å²) in [5.41, 5.74) is 4.33. The van der Waals surface area contributed by atoms with E-state index in [4.69, 9.17) is 23.2 Å². The number of anilines is 1. The molecule has 2 aliphatic rings. The quantitative estimate of drug-likeness (QED) is 0.604. The van der Waals surface area contributed by atoms with Crippen molar-refractivity contribution in [2.75, 3.05) is 24.5 Å². The smallest absolute Gasteiger partial charge is 0.0832 e. The third-order valence-corrected chi connectivity index (χ3v) is 7.51. The molecule has 29 heavy (non-hydrogen) atoms. The minimum absolute atomic E-state index is 0.0137. The molecule has 0 saturated carbocycles. The number of aliphatic hydroxyl groups excluding tert-OH is 1.